The molecule has 2 rings (SSSR count). The molecule has 0 radical (unpaired) electrons. The predicted molar refractivity (Wildman–Crippen MR) is 63.6 cm³/mol. The lowest BCUT2D eigenvalue weighted by Gasteiger charge is -2.06. The molecule has 0 saturated carbocycles. The van der Waals surface area contributed by atoms with Gasteiger partial charge in [0.15, 0.2) is 5.76 Å². The third-order valence-electron chi connectivity index (χ3n) is 2.17. The Morgan fingerprint density at radius 2 is 2.18 bits per heavy atom. The number of pyridine rings is 1. The van der Waals surface area contributed by atoms with Gasteiger partial charge in [0.2, 0.25) is 10.0 Å². The van der Waals surface area contributed by atoms with Crippen LogP contribution in [0.4, 0.5) is 0 Å². The van der Waals surface area contributed by atoms with Crippen LogP contribution in [0.25, 0.3) is 11.5 Å². The summed E-state index contributed by atoms with van der Waals surface area (Å²) in [4.78, 5) is 4.19. The van der Waals surface area contributed by atoms with Crippen molar-refractivity contribution in [3.63, 3.8) is 0 Å². The second-order valence-corrected chi connectivity index (χ2v) is 5.41. The summed E-state index contributed by atoms with van der Waals surface area (Å²) >= 11 is 0. The predicted octanol–water partition coefficient (Wildman–Crippen LogP) is 1.39. The van der Waals surface area contributed by atoms with Crippen LogP contribution in [0.5, 0.6) is 0 Å². The minimum atomic E-state index is -3.22. The Morgan fingerprint density at radius 1 is 1.35 bits per heavy atom. The minimum Gasteiger partial charge on any atom is -0.463 e. The lowest BCUT2D eigenvalue weighted by molar-refractivity contribution is 0.576. The van der Waals surface area contributed by atoms with E-state index in [0.29, 0.717) is 11.5 Å². The summed E-state index contributed by atoms with van der Waals surface area (Å²) in [5.41, 5.74) is 1.42. The van der Waals surface area contributed by atoms with Gasteiger partial charge in [-0.15, -0.1) is 0 Å². The van der Waals surface area contributed by atoms with Gasteiger partial charge < -0.3 is 4.42 Å². The van der Waals surface area contributed by atoms with Gasteiger partial charge >= 0.3 is 0 Å². The highest BCUT2D eigenvalue weighted by Gasteiger charge is 2.10. The molecule has 0 spiro atoms. The summed E-state index contributed by atoms with van der Waals surface area (Å²) in [6.07, 6.45) is 4.31. The molecule has 0 aliphatic carbocycles. The first kappa shape index (κ1) is 11.8. The Morgan fingerprint density at radius 3 is 2.82 bits per heavy atom. The van der Waals surface area contributed by atoms with Gasteiger partial charge in [0.05, 0.1) is 12.5 Å². The highest BCUT2D eigenvalue weighted by Crippen LogP contribution is 2.21. The molecule has 0 saturated heterocycles. The van der Waals surface area contributed by atoms with E-state index in [0.717, 1.165) is 11.8 Å². The fourth-order valence-corrected chi connectivity index (χ4v) is 1.84. The summed E-state index contributed by atoms with van der Waals surface area (Å²) in [6, 6.07) is 7.11. The van der Waals surface area contributed by atoms with Gasteiger partial charge in [-0.05, 0) is 23.8 Å². The maximum Gasteiger partial charge on any atom is 0.209 e. The fraction of sp³-hybridized carbons (Fsp3) is 0.182. The Hall–Kier alpha value is -1.66. The topological polar surface area (TPSA) is 72.2 Å². The van der Waals surface area contributed by atoms with E-state index >= 15 is 0 Å². The highest BCUT2D eigenvalue weighted by atomic mass is 32.2. The molecule has 0 aromatic carbocycles. The molecule has 6 heteroatoms. The zero-order chi connectivity index (χ0) is 12.3. The molecule has 0 aliphatic rings. The quantitative estimate of drug-likeness (QED) is 0.892. The minimum absolute atomic E-state index is 0.197. The average Bonchev–Trinajstić information content (AvgIpc) is 2.79. The Bertz CT molecular complexity index is 591. The number of nitrogens with zero attached hydrogens (tertiary/aromatic N) is 1. The van der Waals surface area contributed by atoms with Crippen molar-refractivity contribution in [3.05, 3.63) is 42.3 Å². The van der Waals surface area contributed by atoms with Crippen LogP contribution in [0.1, 0.15) is 5.56 Å². The normalized spacial score (nSPS) is 11.6. The maximum absolute atomic E-state index is 11.0. The van der Waals surface area contributed by atoms with Gasteiger partial charge in [-0.1, -0.05) is 6.07 Å². The molecule has 90 valence electrons. The number of sulfonamides is 1. The van der Waals surface area contributed by atoms with Gasteiger partial charge in [0.1, 0.15) is 5.69 Å². The van der Waals surface area contributed by atoms with Crippen molar-refractivity contribution < 1.29 is 12.8 Å². The number of aromatic nitrogens is 1. The Balaban J connectivity index is 2.29. The van der Waals surface area contributed by atoms with E-state index in [1.165, 1.54) is 0 Å². The van der Waals surface area contributed by atoms with Crippen molar-refractivity contribution in [2.45, 2.75) is 6.54 Å². The summed E-state index contributed by atoms with van der Waals surface area (Å²) < 4.78 is 29.8. The number of furan rings is 1. The van der Waals surface area contributed by atoms with Crippen molar-refractivity contribution in [3.8, 4) is 11.5 Å². The van der Waals surface area contributed by atoms with Crippen LogP contribution in [-0.4, -0.2) is 19.7 Å². The first-order valence-electron chi connectivity index (χ1n) is 4.99. The molecule has 2 aromatic heterocycles. The van der Waals surface area contributed by atoms with Gasteiger partial charge in [0.25, 0.3) is 0 Å². The SMILES string of the molecule is CS(=O)(=O)NCc1cccnc1-c1ccco1. The average molecular weight is 252 g/mol. The van der Waals surface area contributed by atoms with Crippen molar-refractivity contribution in [1.82, 2.24) is 9.71 Å². The molecular weight excluding hydrogens is 240 g/mol. The molecule has 5 nitrogen and oxygen atoms in total. The van der Waals surface area contributed by atoms with E-state index in [9.17, 15) is 8.42 Å². The van der Waals surface area contributed by atoms with E-state index in [1.807, 2.05) is 6.07 Å². The summed E-state index contributed by atoms with van der Waals surface area (Å²) in [6.45, 7) is 0.197. The molecule has 0 aliphatic heterocycles. The molecule has 17 heavy (non-hydrogen) atoms. The molecule has 2 heterocycles. The molecule has 0 bridgehead atoms. The highest BCUT2D eigenvalue weighted by molar-refractivity contribution is 7.88. The van der Waals surface area contributed by atoms with Crippen molar-refractivity contribution >= 4 is 10.0 Å². The summed E-state index contributed by atoms with van der Waals surface area (Å²) in [7, 11) is -3.22. The molecule has 0 atom stereocenters. The van der Waals surface area contributed by atoms with Gasteiger partial charge in [-0.25, -0.2) is 13.1 Å². The molecule has 0 fully saturated rings. The maximum atomic E-state index is 11.0. The first-order valence-corrected chi connectivity index (χ1v) is 6.88. The zero-order valence-electron chi connectivity index (χ0n) is 9.25. The first-order chi connectivity index (χ1) is 8.06. The van der Waals surface area contributed by atoms with Gasteiger partial charge in [0, 0.05) is 12.7 Å². The van der Waals surface area contributed by atoms with Crippen molar-refractivity contribution in [2.75, 3.05) is 6.26 Å². The third-order valence-corrected chi connectivity index (χ3v) is 2.84. The van der Waals surface area contributed by atoms with E-state index in [2.05, 4.69) is 9.71 Å². The van der Waals surface area contributed by atoms with Crippen LogP contribution in [-0.2, 0) is 16.6 Å². The smallest absolute Gasteiger partial charge is 0.209 e. The summed E-state index contributed by atoms with van der Waals surface area (Å²) in [5.74, 6) is 0.621. The van der Waals surface area contributed by atoms with Gasteiger partial charge in [-0.3, -0.25) is 4.98 Å². The molecule has 2 aromatic rings. The third kappa shape index (κ3) is 3.15. The Labute approximate surface area is 99.5 Å². The monoisotopic (exact) mass is 252 g/mol. The van der Waals surface area contributed by atoms with Crippen LogP contribution < -0.4 is 4.72 Å². The van der Waals surface area contributed by atoms with E-state index in [-0.39, 0.29) is 6.54 Å². The van der Waals surface area contributed by atoms with Crippen molar-refractivity contribution in [2.24, 2.45) is 0 Å². The van der Waals surface area contributed by atoms with Crippen LogP contribution in [0.2, 0.25) is 0 Å². The van der Waals surface area contributed by atoms with Crippen LogP contribution >= 0.6 is 0 Å². The fourth-order valence-electron chi connectivity index (χ4n) is 1.43. The lowest BCUT2D eigenvalue weighted by atomic mass is 10.1. The largest absolute Gasteiger partial charge is 0.463 e. The van der Waals surface area contributed by atoms with Crippen LogP contribution in [0.3, 0.4) is 0 Å². The van der Waals surface area contributed by atoms with Crippen LogP contribution in [0, 0.1) is 0 Å². The van der Waals surface area contributed by atoms with E-state index in [1.54, 1.807) is 30.7 Å². The second-order valence-electron chi connectivity index (χ2n) is 3.58. The van der Waals surface area contributed by atoms with Gasteiger partial charge in [-0.2, -0.15) is 0 Å². The standard InChI is InChI=1S/C11H12N2O3S/c1-17(14,15)13-8-9-4-2-6-12-11(9)10-5-3-7-16-10/h2-7,13H,8H2,1H3. The molecule has 1 N–H and O–H groups in total. The second kappa shape index (κ2) is 4.68. The van der Waals surface area contributed by atoms with Crippen molar-refractivity contribution in [1.29, 1.82) is 0 Å². The number of nitrogens with one attached hydrogen (secondary N) is 1. The zero-order valence-corrected chi connectivity index (χ0v) is 10.1. The molecule has 0 amide bonds. The number of hydrogen-bond acceptors (Lipinski definition) is 4. The number of rotatable bonds is 4. The van der Waals surface area contributed by atoms with E-state index in [4.69, 9.17) is 4.42 Å². The lowest BCUT2D eigenvalue weighted by Crippen LogP contribution is -2.21. The summed E-state index contributed by atoms with van der Waals surface area (Å²) in [5, 5.41) is 0. The molecule has 0 unspecified atom stereocenters. The Kier molecular flexibility index (Phi) is 3.26. The van der Waals surface area contributed by atoms with E-state index < -0.39 is 10.0 Å². The molecular formula is C11H12N2O3S. The number of hydrogen-bond donors (Lipinski definition) is 1. The van der Waals surface area contributed by atoms with Crippen LogP contribution in [0.15, 0.2) is 41.1 Å².